The van der Waals surface area contributed by atoms with E-state index in [-0.39, 0.29) is 28.4 Å². The molecule has 1 N–H and O–H groups in total. The summed E-state index contributed by atoms with van der Waals surface area (Å²) in [6.07, 6.45) is 0.633. The predicted molar refractivity (Wildman–Crippen MR) is 89.9 cm³/mol. The van der Waals surface area contributed by atoms with Crippen LogP contribution >= 0.6 is 11.8 Å². The van der Waals surface area contributed by atoms with Crippen LogP contribution in [0.3, 0.4) is 0 Å². The normalized spacial score (nSPS) is 20.1. The summed E-state index contributed by atoms with van der Waals surface area (Å²) in [7, 11) is -2.89. The molecule has 22 heavy (non-hydrogen) atoms. The van der Waals surface area contributed by atoms with Crippen molar-refractivity contribution in [1.82, 2.24) is 4.98 Å². The highest BCUT2D eigenvalue weighted by molar-refractivity contribution is 8.02. The Bertz CT molecular complexity index is 805. The quantitative estimate of drug-likeness (QED) is 0.925. The Hall–Kier alpha value is -1.60. The molecule has 0 radical (unpaired) electrons. The van der Waals surface area contributed by atoms with Crippen LogP contribution in [0.4, 0.5) is 5.82 Å². The van der Waals surface area contributed by atoms with Crippen LogP contribution in [-0.2, 0) is 14.6 Å². The van der Waals surface area contributed by atoms with Gasteiger partial charge in [0.05, 0.1) is 22.8 Å². The number of carbonyl (C=O) groups is 1. The van der Waals surface area contributed by atoms with Gasteiger partial charge in [0.15, 0.2) is 9.84 Å². The minimum Gasteiger partial charge on any atom is -0.310 e. The second-order valence-corrected chi connectivity index (χ2v) is 8.79. The molecule has 2 aromatic rings. The Balaban J connectivity index is 1.56. The second kappa shape index (κ2) is 6.26. The summed E-state index contributed by atoms with van der Waals surface area (Å²) in [5.74, 6) is 1.02. The van der Waals surface area contributed by atoms with Crippen LogP contribution in [0.5, 0.6) is 0 Å². The fraction of sp³-hybridized carbons (Fsp3) is 0.333. The molecule has 116 valence electrons. The zero-order valence-electron chi connectivity index (χ0n) is 11.9. The van der Waals surface area contributed by atoms with Crippen molar-refractivity contribution in [2.45, 2.75) is 11.7 Å². The van der Waals surface area contributed by atoms with Crippen molar-refractivity contribution in [3.8, 4) is 0 Å². The van der Waals surface area contributed by atoms with Gasteiger partial charge in [-0.15, -0.1) is 11.8 Å². The standard InChI is InChI=1S/C15H16N2O3S2/c18-15(9-21-12-7-8-22(19,20)10-12)17-14-6-5-11-3-1-2-4-13(11)16-14/h1-6,12H,7-10H2,(H,16,17,18). The molecule has 1 atom stereocenters. The van der Waals surface area contributed by atoms with Crippen molar-refractivity contribution in [2.75, 3.05) is 22.6 Å². The van der Waals surface area contributed by atoms with E-state index < -0.39 is 9.84 Å². The number of fused-ring (bicyclic) bond motifs is 1. The molecule has 0 spiro atoms. The molecule has 1 aromatic heterocycles. The van der Waals surface area contributed by atoms with Gasteiger partial charge in [0.2, 0.25) is 5.91 Å². The molecule has 3 rings (SSSR count). The number of hydrogen-bond donors (Lipinski definition) is 1. The first-order chi connectivity index (χ1) is 10.5. The number of anilines is 1. The zero-order valence-corrected chi connectivity index (χ0v) is 13.5. The summed E-state index contributed by atoms with van der Waals surface area (Å²) >= 11 is 1.40. The number of rotatable bonds is 4. The van der Waals surface area contributed by atoms with Gasteiger partial charge in [0.1, 0.15) is 5.82 Å². The fourth-order valence-electron chi connectivity index (χ4n) is 2.40. The SMILES string of the molecule is O=C(CSC1CCS(=O)(=O)C1)Nc1ccc2ccccc2n1. The maximum absolute atomic E-state index is 11.9. The van der Waals surface area contributed by atoms with Crippen LogP contribution in [0.1, 0.15) is 6.42 Å². The fourth-order valence-corrected chi connectivity index (χ4v) is 5.84. The lowest BCUT2D eigenvalue weighted by Gasteiger charge is -2.08. The average molecular weight is 336 g/mol. The van der Waals surface area contributed by atoms with E-state index in [0.717, 1.165) is 10.9 Å². The van der Waals surface area contributed by atoms with Gasteiger partial charge in [-0.05, 0) is 24.6 Å². The molecule has 1 unspecified atom stereocenters. The minimum atomic E-state index is -2.89. The summed E-state index contributed by atoms with van der Waals surface area (Å²) in [5, 5.41) is 3.81. The first-order valence-electron chi connectivity index (χ1n) is 6.99. The molecular formula is C15H16N2O3S2. The number of sulfone groups is 1. The van der Waals surface area contributed by atoms with E-state index in [4.69, 9.17) is 0 Å². The molecule has 0 saturated carbocycles. The van der Waals surface area contributed by atoms with Gasteiger partial charge in [0.25, 0.3) is 0 Å². The van der Waals surface area contributed by atoms with E-state index in [0.29, 0.717) is 12.2 Å². The maximum atomic E-state index is 11.9. The van der Waals surface area contributed by atoms with Gasteiger partial charge < -0.3 is 5.32 Å². The molecule has 2 heterocycles. The highest BCUT2D eigenvalue weighted by Crippen LogP contribution is 2.24. The van der Waals surface area contributed by atoms with Crippen LogP contribution < -0.4 is 5.32 Å². The molecule has 0 bridgehead atoms. The third-order valence-electron chi connectivity index (χ3n) is 3.51. The molecule has 1 saturated heterocycles. The molecule has 7 heteroatoms. The first kappa shape index (κ1) is 15.3. The number of para-hydroxylation sites is 1. The molecule has 1 aromatic carbocycles. The van der Waals surface area contributed by atoms with Crippen molar-refractivity contribution in [1.29, 1.82) is 0 Å². The Kier molecular flexibility index (Phi) is 4.35. The molecule has 0 aliphatic carbocycles. The van der Waals surface area contributed by atoms with Gasteiger partial charge in [-0.2, -0.15) is 0 Å². The number of benzene rings is 1. The minimum absolute atomic E-state index is 0.0281. The number of thioether (sulfide) groups is 1. The van der Waals surface area contributed by atoms with E-state index in [2.05, 4.69) is 10.3 Å². The van der Waals surface area contributed by atoms with Crippen LogP contribution in [0.2, 0.25) is 0 Å². The van der Waals surface area contributed by atoms with E-state index in [9.17, 15) is 13.2 Å². The third-order valence-corrected chi connectivity index (χ3v) is 6.79. The summed E-state index contributed by atoms with van der Waals surface area (Å²) < 4.78 is 22.8. The molecule has 1 fully saturated rings. The summed E-state index contributed by atoms with van der Waals surface area (Å²) in [6.45, 7) is 0. The zero-order chi connectivity index (χ0) is 15.6. The summed E-state index contributed by atoms with van der Waals surface area (Å²) in [5.41, 5.74) is 0.829. The van der Waals surface area contributed by atoms with Gasteiger partial charge in [0, 0.05) is 10.6 Å². The van der Waals surface area contributed by atoms with Crippen LogP contribution in [-0.4, -0.2) is 41.8 Å². The number of nitrogens with one attached hydrogen (secondary N) is 1. The summed E-state index contributed by atoms with van der Waals surface area (Å²) in [4.78, 5) is 16.3. The smallest absolute Gasteiger partial charge is 0.235 e. The van der Waals surface area contributed by atoms with Crippen molar-refractivity contribution in [3.63, 3.8) is 0 Å². The highest BCUT2D eigenvalue weighted by atomic mass is 32.2. The Morgan fingerprint density at radius 1 is 1.27 bits per heavy atom. The van der Waals surface area contributed by atoms with Crippen LogP contribution in [0, 0.1) is 0 Å². The van der Waals surface area contributed by atoms with Crippen molar-refractivity contribution in [3.05, 3.63) is 36.4 Å². The van der Waals surface area contributed by atoms with Crippen molar-refractivity contribution >= 4 is 44.2 Å². The van der Waals surface area contributed by atoms with Crippen LogP contribution in [0.25, 0.3) is 10.9 Å². The molecule has 5 nitrogen and oxygen atoms in total. The van der Waals surface area contributed by atoms with E-state index in [1.54, 1.807) is 6.07 Å². The lowest BCUT2D eigenvalue weighted by atomic mass is 10.2. The van der Waals surface area contributed by atoms with Crippen molar-refractivity contribution < 1.29 is 13.2 Å². The Morgan fingerprint density at radius 3 is 2.86 bits per heavy atom. The second-order valence-electron chi connectivity index (χ2n) is 5.27. The number of pyridine rings is 1. The van der Waals surface area contributed by atoms with E-state index in [1.807, 2.05) is 30.3 Å². The van der Waals surface area contributed by atoms with Crippen LogP contribution in [0.15, 0.2) is 36.4 Å². The number of nitrogens with zero attached hydrogens (tertiary/aromatic N) is 1. The monoisotopic (exact) mass is 336 g/mol. The number of amides is 1. The van der Waals surface area contributed by atoms with Gasteiger partial charge in [-0.3, -0.25) is 4.79 Å². The molecular weight excluding hydrogens is 320 g/mol. The maximum Gasteiger partial charge on any atom is 0.235 e. The van der Waals surface area contributed by atoms with E-state index in [1.165, 1.54) is 11.8 Å². The van der Waals surface area contributed by atoms with E-state index >= 15 is 0 Å². The number of hydrogen-bond acceptors (Lipinski definition) is 5. The first-order valence-corrected chi connectivity index (χ1v) is 9.86. The molecule has 1 aliphatic heterocycles. The van der Waals surface area contributed by atoms with Gasteiger partial charge >= 0.3 is 0 Å². The topological polar surface area (TPSA) is 76.1 Å². The number of aromatic nitrogens is 1. The van der Waals surface area contributed by atoms with Gasteiger partial charge in [-0.1, -0.05) is 18.2 Å². The number of carbonyl (C=O) groups excluding carboxylic acids is 1. The average Bonchev–Trinajstić information content (AvgIpc) is 2.84. The highest BCUT2D eigenvalue weighted by Gasteiger charge is 2.28. The largest absolute Gasteiger partial charge is 0.310 e. The predicted octanol–water partition coefficient (Wildman–Crippen LogP) is 2.09. The van der Waals surface area contributed by atoms with Crippen molar-refractivity contribution in [2.24, 2.45) is 0 Å². The lowest BCUT2D eigenvalue weighted by molar-refractivity contribution is -0.113. The van der Waals surface area contributed by atoms with Gasteiger partial charge in [-0.25, -0.2) is 13.4 Å². The lowest BCUT2D eigenvalue weighted by Crippen LogP contribution is -2.17. The Labute approximate surface area is 133 Å². The molecule has 1 aliphatic rings. The molecule has 1 amide bonds. The third kappa shape index (κ3) is 3.78. The Morgan fingerprint density at radius 2 is 2.09 bits per heavy atom. The summed E-state index contributed by atoms with van der Waals surface area (Å²) in [6, 6.07) is 11.4.